The predicted molar refractivity (Wildman–Crippen MR) is 566 cm³/mol. The number of pyridine rings is 10. The van der Waals surface area contributed by atoms with Gasteiger partial charge in [0.05, 0.1) is 90.3 Å². The average Bonchev–Trinajstić information content (AvgIpc) is 1.68. The molecule has 0 aliphatic carbocycles. The Kier molecular flexibility index (Phi) is 36.2. The van der Waals surface area contributed by atoms with Crippen LogP contribution in [0.1, 0.15) is 239 Å². The molecule has 0 fully saturated rings. The van der Waals surface area contributed by atoms with Crippen LogP contribution in [0.25, 0.3) is 132 Å². The van der Waals surface area contributed by atoms with Crippen molar-refractivity contribution in [2.75, 3.05) is 0 Å². The Hall–Kier alpha value is -16.8. The lowest BCUT2D eigenvalue weighted by Gasteiger charge is -2.05. The van der Waals surface area contributed by atoms with Gasteiger partial charge in [-0.15, -0.1) is 20.4 Å². The van der Waals surface area contributed by atoms with E-state index in [0.717, 1.165) is 127 Å². The molecule has 40 nitrogen and oxygen atoms in total. The Morgan fingerprint density at radius 2 is 0.562 bits per heavy atom. The van der Waals surface area contributed by atoms with Crippen LogP contribution in [0.3, 0.4) is 0 Å². The molecule has 0 bridgehead atoms. The summed E-state index contributed by atoms with van der Waals surface area (Å²) in [5, 5.41) is 80.1. The van der Waals surface area contributed by atoms with Gasteiger partial charge in [-0.25, -0.2) is 38.7 Å². The Labute approximate surface area is 834 Å². The van der Waals surface area contributed by atoms with E-state index in [1.807, 2.05) is 253 Å². The highest BCUT2D eigenvalue weighted by Gasteiger charge is 2.15. The first-order valence-electron chi connectivity index (χ1n) is 48.3. The highest BCUT2D eigenvalue weighted by Crippen LogP contribution is 2.23. The minimum atomic E-state index is 0.291. The molecule has 0 amide bonds. The van der Waals surface area contributed by atoms with Crippen molar-refractivity contribution in [3.63, 3.8) is 0 Å². The molecule has 22 heterocycles. The zero-order valence-corrected chi connectivity index (χ0v) is 86.2. The summed E-state index contributed by atoms with van der Waals surface area (Å²) in [5.74, 6) is 0. The van der Waals surface area contributed by atoms with Crippen LogP contribution in [0, 0.1) is 0 Å². The summed E-state index contributed by atoms with van der Waals surface area (Å²) in [6, 6.07) is 51.2. The first-order chi connectivity index (χ1) is 69.4. The Balaban J connectivity index is 0.000000132. The summed E-state index contributed by atoms with van der Waals surface area (Å²) in [6.07, 6.45) is 36.3. The number of fused-ring (bicyclic) bond motifs is 12. The molecule has 0 saturated heterocycles. The molecular weight excluding hydrogens is 1810 g/mol. The quantitative estimate of drug-likeness (QED) is 0.110. The number of aromatic nitrogens is 40. The lowest BCUT2D eigenvalue weighted by molar-refractivity contribution is 0.471. The van der Waals surface area contributed by atoms with Gasteiger partial charge in [-0.2, -0.15) is 70.5 Å². The van der Waals surface area contributed by atoms with E-state index in [0.29, 0.717) is 78.1 Å². The van der Waals surface area contributed by atoms with Gasteiger partial charge >= 0.3 is 0 Å². The van der Waals surface area contributed by atoms with E-state index in [-0.39, 0.29) is 0 Å². The lowest BCUT2D eigenvalue weighted by Crippen LogP contribution is -2.04. The van der Waals surface area contributed by atoms with E-state index in [2.05, 4.69) is 280 Å². The predicted octanol–water partition coefficient (Wildman–Crippen LogP) is 21.7. The second-order valence-electron chi connectivity index (χ2n) is 36.8. The van der Waals surface area contributed by atoms with Crippen molar-refractivity contribution in [3.05, 3.63) is 270 Å². The monoisotopic (exact) mass is 1940 g/mol. The first-order valence-corrected chi connectivity index (χ1v) is 48.3. The molecule has 22 aromatic heterocycles. The number of rotatable bonds is 12. The molecule has 144 heavy (non-hydrogen) atoms. The van der Waals surface area contributed by atoms with Crippen LogP contribution < -0.4 is 0 Å². The van der Waals surface area contributed by atoms with Gasteiger partial charge in [0.1, 0.15) is 71.7 Å². The van der Waals surface area contributed by atoms with Crippen molar-refractivity contribution < 1.29 is 0 Å². The summed E-state index contributed by atoms with van der Waals surface area (Å²) in [5.41, 5.74) is 18.8. The molecule has 0 aliphatic heterocycles. The van der Waals surface area contributed by atoms with Crippen molar-refractivity contribution in [1.29, 1.82) is 0 Å². The number of nitrogens with zero attached hydrogens (tertiary/aromatic N) is 40. The van der Waals surface area contributed by atoms with Crippen LogP contribution in [0.2, 0.25) is 0 Å². The molecule has 24 aromatic rings. The van der Waals surface area contributed by atoms with Crippen LogP contribution in [-0.4, -0.2) is 198 Å². The van der Waals surface area contributed by atoms with Gasteiger partial charge in [0.15, 0.2) is 16.9 Å². The van der Waals surface area contributed by atoms with Gasteiger partial charge in [-0.1, -0.05) is 39.9 Å². The smallest absolute Gasteiger partial charge is 0.201 e. The van der Waals surface area contributed by atoms with E-state index in [4.69, 9.17) is 0 Å². The molecule has 0 unspecified atom stereocenters. The fraction of sp³-hybridized carbons (Fsp3) is 0.346. The van der Waals surface area contributed by atoms with Crippen molar-refractivity contribution in [1.82, 2.24) is 198 Å². The second-order valence-corrected chi connectivity index (χ2v) is 36.8. The van der Waals surface area contributed by atoms with Crippen LogP contribution in [-0.2, 0) is 0 Å². The summed E-state index contributed by atoms with van der Waals surface area (Å²) in [4.78, 5) is 46.3. The molecule has 0 atom stereocenters. The van der Waals surface area contributed by atoms with E-state index >= 15 is 0 Å². The van der Waals surface area contributed by atoms with Crippen LogP contribution in [0.15, 0.2) is 270 Å². The first kappa shape index (κ1) is 105. The number of benzene rings is 2. The van der Waals surface area contributed by atoms with E-state index in [9.17, 15) is 0 Å². The second kappa shape index (κ2) is 49.8. The third kappa shape index (κ3) is 27.4. The Morgan fingerprint density at radius 3 is 1.15 bits per heavy atom. The van der Waals surface area contributed by atoms with Gasteiger partial charge in [-0.05, 0) is 287 Å². The SMILES string of the molecule is CC(C)n1cc2cccnc2n1.CC(C)n1cc2ccncc2n1.CC(C)n1cc2ncccc2n1.CC(C)n1nc2ccccc2n1.CC(C)n1nc2cccnc2n1.CC(C)n1nc2ccncc2n1.CC(C)n1ncc2cccnc21.CC(C)n1ncc2ccncc21.CC(C)n1ncc2ncccc21.CC(C)n1nnc2ccccc21.CC(C)n1nnc2cccnc21.CC(C)n1nnc2ccncc21. The van der Waals surface area contributed by atoms with Crippen LogP contribution in [0.5, 0.6) is 0 Å². The average molecular weight is 1940 g/mol. The summed E-state index contributed by atoms with van der Waals surface area (Å²) in [6.45, 7) is 50.0. The highest BCUT2D eigenvalue weighted by atomic mass is 15.5. The third-order valence-corrected chi connectivity index (χ3v) is 21.5. The minimum Gasteiger partial charge on any atom is -0.269 e. The molecule has 40 heteroatoms. The van der Waals surface area contributed by atoms with Crippen molar-refractivity contribution >= 4 is 132 Å². The fourth-order valence-electron chi connectivity index (χ4n) is 14.0. The van der Waals surface area contributed by atoms with Crippen molar-refractivity contribution in [2.45, 2.75) is 239 Å². The molecule has 0 aliphatic rings. The van der Waals surface area contributed by atoms with E-state index < -0.39 is 0 Å². The van der Waals surface area contributed by atoms with E-state index in [1.54, 1.807) is 101 Å². The zero-order chi connectivity index (χ0) is 103. The van der Waals surface area contributed by atoms with Gasteiger partial charge in [0.2, 0.25) is 5.65 Å². The van der Waals surface area contributed by atoms with Gasteiger partial charge in [0.25, 0.3) is 0 Å². The van der Waals surface area contributed by atoms with E-state index in [1.165, 1.54) is 0 Å². The Bertz CT molecular complexity index is 6580. The number of hydrogen-bond donors (Lipinski definition) is 0. The van der Waals surface area contributed by atoms with Gasteiger partial charge in [0, 0.05) is 144 Å². The largest absolute Gasteiger partial charge is 0.269 e. The molecule has 0 saturated carbocycles. The maximum Gasteiger partial charge on any atom is 0.201 e. The van der Waals surface area contributed by atoms with Crippen LogP contribution in [0.4, 0.5) is 0 Å². The maximum absolute atomic E-state index is 4.37. The maximum atomic E-state index is 4.37. The Morgan fingerprint density at radius 1 is 0.188 bits per heavy atom. The van der Waals surface area contributed by atoms with Gasteiger partial charge in [-0.3, -0.25) is 53.3 Å². The molecular formula is C104H128N40. The molecule has 0 spiro atoms. The molecule has 0 N–H and O–H groups in total. The third-order valence-electron chi connectivity index (χ3n) is 21.5. The lowest BCUT2D eigenvalue weighted by atomic mass is 10.3. The number of para-hydroxylation sites is 1. The van der Waals surface area contributed by atoms with Crippen molar-refractivity contribution in [3.8, 4) is 0 Å². The fourth-order valence-corrected chi connectivity index (χ4v) is 14.0. The molecule has 24 rings (SSSR count). The minimum absolute atomic E-state index is 0.291. The summed E-state index contributed by atoms with van der Waals surface area (Å²) >= 11 is 0. The zero-order valence-electron chi connectivity index (χ0n) is 86.2. The molecule has 744 valence electrons. The summed E-state index contributed by atoms with van der Waals surface area (Å²) < 4.78 is 17.3. The molecule has 0 radical (unpaired) electrons. The van der Waals surface area contributed by atoms with Gasteiger partial charge < -0.3 is 0 Å². The number of hydrogen-bond acceptors (Lipinski definition) is 28. The highest BCUT2D eigenvalue weighted by molar-refractivity contribution is 5.80. The molecule has 2 aromatic carbocycles. The summed E-state index contributed by atoms with van der Waals surface area (Å²) in [7, 11) is 0. The topological polar surface area (TPSA) is 420 Å². The van der Waals surface area contributed by atoms with Crippen LogP contribution >= 0.6 is 0 Å². The van der Waals surface area contributed by atoms with Crippen molar-refractivity contribution in [2.24, 2.45) is 0 Å². The normalized spacial score (nSPS) is 11.2. The standard InChI is InChI=1S/8C9H11N3.4C8H10N4/c1-7(2)12-6-8-3-4-10-5-9(8)11-12;1-7(2)12-9-6-10-4-3-8(9)5-11-12;1-7(2)12-9-4-3-5-10-8(9)6-11-12;1-7(2)12-6-9-8(11-12)4-3-5-10-9;1-7(2)12-6-8-4-3-5-10-9(8)11-12;1-7(2)12-9-8(6-11-12)4-3-5-10-9;1-7(2)12-9-6-4-3-5-8(9)10-11-12;1-7(2)12-10-8-5-3-4-6-9(8)11-12;1-6(2)12-8-5-9-4-3-7(8)10-11-12;1-6(2)12-10-7-3-4-9-5-8(7)11-12;1-6(2)12-8-7(10-11-12)4-3-5-9-8;1-6(2)12-10-7-4-3-5-9-8(7)11-12/h8*3-7H,1-2H3;4*3-6H,1-2H3.